The molecule has 0 radical (unpaired) electrons. The largest absolute Gasteiger partial charge is 0.481 e. The molecule has 3 heteroatoms. The molecule has 0 saturated heterocycles. The number of likely N-dealkylation sites (N-methyl/N-ethyl adjacent to an activating group) is 1. The van der Waals surface area contributed by atoms with Crippen molar-refractivity contribution in [2.75, 3.05) is 13.6 Å². The van der Waals surface area contributed by atoms with E-state index in [9.17, 15) is 9.90 Å². The highest BCUT2D eigenvalue weighted by Gasteiger charge is 2.24. The van der Waals surface area contributed by atoms with E-state index in [0.29, 0.717) is 6.54 Å². The van der Waals surface area contributed by atoms with Crippen molar-refractivity contribution in [3.63, 3.8) is 0 Å². The molecule has 1 unspecified atom stereocenters. The minimum atomic E-state index is -0.774. The van der Waals surface area contributed by atoms with Gasteiger partial charge >= 0.3 is 5.97 Å². The number of benzene rings is 1. The first-order valence-corrected chi connectivity index (χ1v) is 6.67. The van der Waals surface area contributed by atoms with E-state index in [2.05, 4.69) is 38.2 Å². The van der Waals surface area contributed by atoms with Gasteiger partial charge in [-0.3, -0.25) is 4.79 Å². The molecule has 1 atom stereocenters. The molecule has 0 saturated carbocycles. The second kappa shape index (κ2) is 5.74. The Labute approximate surface area is 116 Å². The summed E-state index contributed by atoms with van der Waals surface area (Å²) in [4.78, 5) is 11.4. The molecule has 3 nitrogen and oxygen atoms in total. The van der Waals surface area contributed by atoms with Crippen LogP contribution >= 0.6 is 0 Å². The second-order valence-corrected chi connectivity index (χ2v) is 6.22. The molecule has 0 aliphatic heterocycles. The third-order valence-corrected chi connectivity index (χ3v) is 3.51. The van der Waals surface area contributed by atoms with Gasteiger partial charge in [0.25, 0.3) is 0 Å². The molecule has 1 aromatic rings. The summed E-state index contributed by atoms with van der Waals surface area (Å²) in [5, 5.41) is 12.4. The van der Waals surface area contributed by atoms with E-state index in [1.165, 1.54) is 5.56 Å². The van der Waals surface area contributed by atoms with E-state index in [1.54, 1.807) is 7.05 Å². The highest BCUT2D eigenvalue weighted by Crippen LogP contribution is 2.30. The lowest BCUT2D eigenvalue weighted by atomic mass is 9.81. The quantitative estimate of drug-likeness (QED) is 0.878. The van der Waals surface area contributed by atoms with E-state index in [1.807, 2.05) is 13.8 Å². The highest BCUT2D eigenvalue weighted by molar-refractivity contribution is 5.77. The molecular formula is C16H25NO2. The van der Waals surface area contributed by atoms with Gasteiger partial charge in [-0.25, -0.2) is 0 Å². The summed E-state index contributed by atoms with van der Waals surface area (Å²) in [6, 6.07) is 4.24. The van der Waals surface area contributed by atoms with Gasteiger partial charge in [0.05, 0.1) is 5.92 Å². The van der Waals surface area contributed by atoms with Crippen molar-refractivity contribution in [1.82, 2.24) is 5.32 Å². The van der Waals surface area contributed by atoms with Crippen LogP contribution in [0.1, 0.15) is 48.9 Å². The first-order valence-electron chi connectivity index (χ1n) is 6.67. The molecular weight excluding hydrogens is 238 g/mol. The van der Waals surface area contributed by atoms with Crippen LogP contribution in [0.5, 0.6) is 0 Å². The maximum Gasteiger partial charge on any atom is 0.312 e. The van der Waals surface area contributed by atoms with Crippen molar-refractivity contribution in [3.05, 3.63) is 34.4 Å². The van der Waals surface area contributed by atoms with Crippen molar-refractivity contribution < 1.29 is 9.90 Å². The molecule has 0 spiro atoms. The van der Waals surface area contributed by atoms with Gasteiger partial charge in [0, 0.05) is 6.54 Å². The Balaban J connectivity index is 3.34. The summed E-state index contributed by atoms with van der Waals surface area (Å²) in [6.07, 6.45) is 0. The molecule has 0 amide bonds. The van der Waals surface area contributed by atoms with Crippen LogP contribution in [0.2, 0.25) is 0 Å². The van der Waals surface area contributed by atoms with E-state index in [-0.39, 0.29) is 5.41 Å². The van der Waals surface area contributed by atoms with Crippen LogP contribution in [0, 0.1) is 13.8 Å². The van der Waals surface area contributed by atoms with E-state index >= 15 is 0 Å². The maximum absolute atomic E-state index is 11.4. The average molecular weight is 263 g/mol. The Morgan fingerprint density at radius 3 is 2.05 bits per heavy atom. The van der Waals surface area contributed by atoms with Gasteiger partial charge in [0.1, 0.15) is 0 Å². The van der Waals surface area contributed by atoms with Crippen molar-refractivity contribution >= 4 is 5.97 Å². The van der Waals surface area contributed by atoms with Crippen molar-refractivity contribution in [2.45, 2.75) is 46.0 Å². The number of aryl methyl sites for hydroxylation is 2. The van der Waals surface area contributed by atoms with Crippen LogP contribution in [0.25, 0.3) is 0 Å². The predicted octanol–water partition coefficient (Wildman–Crippen LogP) is 2.99. The summed E-state index contributed by atoms with van der Waals surface area (Å²) in [5.41, 5.74) is 4.39. The lowest BCUT2D eigenvalue weighted by molar-refractivity contribution is -0.138. The lowest BCUT2D eigenvalue weighted by Gasteiger charge is -2.24. The molecule has 0 aliphatic rings. The Morgan fingerprint density at radius 1 is 1.26 bits per heavy atom. The van der Waals surface area contributed by atoms with Crippen molar-refractivity contribution in [1.29, 1.82) is 0 Å². The Morgan fingerprint density at radius 2 is 1.74 bits per heavy atom. The number of aliphatic carboxylic acids is 1. The Kier molecular flexibility index (Phi) is 4.75. The Bertz CT molecular complexity index is 449. The summed E-state index contributed by atoms with van der Waals surface area (Å²) >= 11 is 0. The molecule has 0 heterocycles. The smallest absolute Gasteiger partial charge is 0.312 e. The molecule has 0 fully saturated rings. The minimum Gasteiger partial charge on any atom is -0.481 e. The first-order chi connectivity index (χ1) is 8.68. The summed E-state index contributed by atoms with van der Waals surface area (Å²) < 4.78 is 0. The summed E-state index contributed by atoms with van der Waals surface area (Å²) in [5.74, 6) is -1.26. The molecule has 2 N–H and O–H groups in total. The number of rotatable bonds is 4. The third kappa shape index (κ3) is 3.57. The summed E-state index contributed by atoms with van der Waals surface area (Å²) in [6.45, 7) is 11.0. The van der Waals surface area contributed by atoms with Gasteiger partial charge in [0.2, 0.25) is 0 Å². The van der Waals surface area contributed by atoms with Crippen molar-refractivity contribution in [3.8, 4) is 0 Å². The average Bonchev–Trinajstić information content (AvgIpc) is 2.25. The molecule has 0 bridgehead atoms. The zero-order valence-corrected chi connectivity index (χ0v) is 12.8. The van der Waals surface area contributed by atoms with Crippen LogP contribution in [-0.4, -0.2) is 24.7 Å². The molecule has 0 aromatic heterocycles. The predicted molar refractivity (Wildman–Crippen MR) is 78.9 cm³/mol. The van der Waals surface area contributed by atoms with Gasteiger partial charge in [-0.15, -0.1) is 0 Å². The molecule has 19 heavy (non-hydrogen) atoms. The van der Waals surface area contributed by atoms with Gasteiger partial charge in [-0.1, -0.05) is 32.9 Å². The number of carboxylic acid groups (broad SMARTS) is 1. The first kappa shape index (κ1) is 15.7. The fourth-order valence-electron chi connectivity index (χ4n) is 2.47. The lowest BCUT2D eigenvalue weighted by Crippen LogP contribution is -2.26. The fourth-order valence-corrected chi connectivity index (χ4v) is 2.47. The standard InChI is InChI=1S/C16H25NO2/c1-10-7-12(16(3,4)5)8-11(2)14(10)13(9-17-6)15(18)19/h7-8,13,17H,9H2,1-6H3,(H,18,19). The highest BCUT2D eigenvalue weighted by atomic mass is 16.4. The number of hydrogen-bond donors (Lipinski definition) is 2. The zero-order valence-electron chi connectivity index (χ0n) is 12.8. The number of nitrogens with one attached hydrogen (secondary N) is 1. The maximum atomic E-state index is 11.4. The number of carboxylic acids is 1. The van der Waals surface area contributed by atoms with Crippen LogP contribution < -0.4 is 5.32 Å². The van der Waals surface area contributed by atoms with Crippen LogP contribution in [0.4, 0.5) is 0 Å². The monoisotopic (exact) mass is 263 g/mol. The summed E-state index contributed by atoms with van der Waals surface area (Å²) in [7, 11) is 1.78. The van der Waals surface area contributed by atoms with E-state index < -0.39 is 11.9 Å². The number of hydrogen-bond acceptors (Lipinski definition) is 2. The SMILES string of the molecule is CNCC(C(=O)O)c1c(C)cc(C(C)(C)C)cc1C. The van der Waals surface area contributed by atoms with Gasteiger partial charge < -0.3 is 10.4 Å². The van der Waals surface area contributed by atoms with Gasteiger partial charge in [-0.05, 0) is 48.6 Å². The molecule has 1 aromatic carbocycles. The van der Waals surface area contributed by atoms with Crippen LogP contribution in [0.3, 0.4) is 0 Å². The molecule has 1 rings (SSSR count). The zero-order chi connectivity index (χ0) is 14.8. The van der Waals surface area contributed by atoms with Gasteiger partial charge in [0.15, 0.2) is 0 Å². The van der Waals surface area contributed by atoms with Gasteiger partial charge in [-0.2, -0.15) is 0 Å². The Hall–Kier alpha value is -1.35. The van der Waals surface area contributed by atoms with Crippen LogP contribution in [0.15, 0.2) is 12.1 Å². The molecule has 0 aliphatic carbocycles. The third-order valence-electron chi connectivity index (χ3n) is 3.51. The number of carbonyl (C=O) groups is 1. The van der Waals surface area contributed by atoms with Crippen molar-refractivity contribution in [2.24, 2.45) is 0 Å². The minimum absolute atomic E-state index is 0.0791. The fraction of sp³-hybridized carbons (Fsp3) is 0.562. The topological polar surface area (TPSA) is 49.3 Å². The van der Waals surface area contributed by atoms with E-state index in [4.69, 9.17) is 0 Å². The van der Waals surface area contributed by atoms with E-state index in [0.717, 1.165) is 16.7 Å². The second-order valence-electron chi connectivity index (χ2n) is 6.22. The van der Waals surface area contributed by atoms with Crippen LogP contribution in [-0.2, 0) is 10.2 Å². The molecule has 106 valence electrons. The normalized spacial score (nSPS) is 13.4.